The van der Waals surface area contributed by atoms with Gasteiger partial charge in [0.15, 0.2) is 0 Å². The van der Waals surface area contributed by atoms with Gasteiger partial charge in [0.05, 0.1) is 5.92 Å². The van der Waals surface area contributed by atoms with Crippen LogP contribution < -0.4 is 0 Å². The summed E-state index contributed by atoms with van der Waals surface area (Å²) >= 11 is 0. The van der Waals surface area contributed by atoms with Crippen molar-refractivity contribution in [2.75, 3.05) is 0 Å². The third kappa shape index (κ3) is 3.69. The van der Waals surface area contributed by atoms with E-state index in [1.807, 2.05) is 0 Å². The second kappa shape index (κ2) is 6.05. The lowest BCUT2D eigenvalue weighted by molar-refractivity contribution is -0.149. The van der Waals surface area contributed by atoms with Gasteiger partial charge in [0.25, 0.3) is 0 Å². The molecule has 0 aliphatic heterocycles. The standard InChI is InChI=1S/C12H21O2/c1-2-3-4-5-10-6-8-11(9-7-10)12(13)14/h10-11H,2-9H2,1H3. The van der Waals surface area contributed by atoms with Gasteiger partial charge >= 0.3 is 5.97 Å². The van der Waals surface area contributed by atoms with Crippen LogP contribution in [0.4, 0.5) is 0 Å². The van der Waals surface area contributed by atoms with Crippen molar-refractivity contribution >= 4 is 5.97 Å². The van der Waals surface area contributed by atoms with Crippen LogP contribution in [0.5, 0.6) is 0 Å². The predicted molar refractivity (Wildman–Crippen MR) is 55.3 cm³/mol. The summed E-state index contributed by atoms with van der Waals surface area (Å²) in [6, 6.07) is 0. The molecule has 1 aliphatic carbocycles. The van der Waals surface area contributed by atoms with Gasteiger partial charge in [0, 0.05) is 0 Å². The summed E-state index contributed by atoms with van der Waals surface area (Å²) in [7, 11) is 0. The number of carbonyl (C=O) groups excluding carboxylic acids is 1. The molecule has 0 heterocycles. The summed E-state index contributed by atoms with van der Waals surface area (Å²) < 4.78 is 0. The molecule has 1 radical (unpaired) electrons. The van der Waals surface area contributed by atoms with E-state index in [0.29, 0.717) is 0 Å². The molecule has 2 nitrogen and oxygen atoms in total. The first kappa shape index (κ1) is 11.5. The zero-order chi connectivity index (χ0) is 10.4. The fraction of sp³-hybridized carbons (Fsp3) is 0.917. The van der Waals surface area contributed by atoms with Crippen molar-refractivity contribution in [1.82, 2.24) is 0 Å². The lowest BCUT2D eigenvalue weighted by atomic mass is 9.80. The monoisotopic (exact) mass is 197 g/mol. The van der Waals surface area contributed by atoms with Crippen LogP contribution in [0.1, 0.15) is 58.3 Å². The Hall–Kier alpha value is -0.530. The highest BCUT2D eigenvalue weighted by Crippen LogP contribution is 2.32. The molecule has 0 amide bonds. The summed E-state index contributed by atoms with van der Waals surface area (Å²) in [5.74, 6) is -0.202. The number of hydrogen-bond acceptors (Lipinski definition) is 1. The topological polar surface area (TPSA) is 37.0 Å². The molecule has 1 rings (SSSR count). The number of carbonyl (C=O) groups is 1. The highest BCUT2D eigenvalue weighted by atomic mass is 16.4. The normalized spacial score (nSPS) is 27.5. The van der Waals surface area contributed by atoms with E-state index in [2.05, 4.69) is 6.92 Å². The molecule has 0 atom stereocenters. The second-order valence-electron chi connectivity index (χ2n) is 4.53. The van der Waals surface area contributed by atoms with Gasteiger partial charge in [-0.05, 0) is 31.6 Å². The fourth-order valence-electron chi connectivity index (χ4n) is 2.37. The first-order valence-electron chi connectivity index (χ1n) is 5.95. The molecule has 1 fully saturated rings. The maximum Gasteiger partial charge on any atom is 0.358 e. The summed E-state index contributed by atoms with van der Waals surface area (Å²) in [5, 5.41) is 10.6. The Labute approximate surface area is 86.7 Å². The maximum atomic E-state index is 10.6. The average molecular weight is 197 g/mol. The quantitative estimate of drug-likeness (QED) is 0.623. The molecule has 81 valence electrons. The highest BCUT2D eigenvalue weighted by molar-refractivity contribution is 5.69. The van der Waals surface area contributed by atoms with Crippen molar-refractivity contribution in [3.63, 3.8) is 0 Å². The average Bonchev–Trinajstić information content (AvgIpc) is 2.19. The first-order valence-corrected chi connectivity index (χ1v) is 5.95. The molecule has 0 spiro atoms. The van der Waals surface area contributed by atoms with Crippen LogP contribution in [0.15, 0.2) is 0 Å². The molecule has 1 saturated carbocycles. The van der Waals surface area contributed by atoms with E-state index in [1.54, 1.807) is 0 Å². The van der Waals surface area contributed by atoms with Gasteiger partial charge in [-0.15, -0.1) is 0 Å². The molecular weight excluding hydrogens is 176 g/mol. The van der Waals surface area contributed by atoms with Crippen molar-refractivity contribution in [2.24, 2.45) is 11.8 Å². The van der Waals surface area contributed by atoms with E-state index < -0.39 is 5.97 Å². The molecule has 0 saturated heterocycles. The van der Waals surface area contributed by atoms with Gasteiger partial charge in [0.1, 0.15) is 0 Å². The third-order valence-corrected chi connectivity index (χ3v) is 3.40. The Bertz CT molecular complexity index is 169. The molecule has 2 heteroatoms. The molecule has 0 N–H and O–H groups in total. The van der Waals surface area contributed by atoms with Gasteiger partial charge in [0.2, 0.25) is 0 Å². The van der Waals surface area contributed by atoms with Crippen LogP contribution in [0.25, 0.3) is 0 Å². The minimum absolute atomic E-state index is 0.155. The fourth-order valence-corrected chi connectivity index (χ4v) is 2.37. The van der Waals surface area contributed by atoms with E-state index >= 15 is 0 Å². The summed E-state index contributed by atoms with van der Waals surface area (Å²) in [5.41, 5.74) is 0. The SMILES string of the molecule is CCCCCC1CCC(C([O])=O)CC1. The number of unbranched alkanes of at least 4 members (excludes halogenated alkanes) is 2. The van der Waals surface area contributed by atoms with Crippen LogP contribution >= 0.6 is 0 Å². The van der Waals surface area contributed by atoms with E-state index in [9.17, 15) is 9.90 Å². The molecule has 0 aromatic carbocycles. The zero-order valence-corrected chi connectivity index (χ0v) is 9.13. The van der Waals surface area contributed by atoms with Crippen molar-refractivity contribution < 1.29 is 9.90 Å². The van der Waals surface area contributed by atoms with E-state index in [1.165, 1.54) is 25.7 Å². The Balaban J connectivity index is 2.12. The van der Waals surface area contributed by atoms with Crippen molar-refractivity contribution in [3.05, 3.63) is 0 Å². The highest BCUT2D eigenvalue weighted by Gasteiger charge is 2.26. The lowest BCUT2D eigenvalue weighted by Gasteiger charge is -2.25. The van der Waals surface area contributed by atoms with Crippen LogP contribution in [0.2, 0.25) is 0 Å². The van der Waals surface area contributed by atoms with Gasteiger partial charge < -0.3 is 0 Å². The minimum Gasteiger partial charge on any atom is -0.247 e. The van der Waals surface area contributed by atoms with Crippen molar-refractivity contribution in [2.45, 2.75) is 58.3 Å². The van der Waals surface area contributed by atoms with Gasteiger partial charge in [-0.2, -0.15) is 0 Å². The Morgan fingerprint density at radius 2 is 1.79 bits per heavy atom. The van der Waals surface area contributed by atoms with E-state index in [-0.39, 0.29) is 5.92 Å². The molecule has 0 bridgehead atoms. The number of hydrogen-bond donors (Lipinski definition) is 0. The lowest BCUT2D eigenvalue weighted by Crippen LogP contribution is -2.20. The summed E-state index contributed by atoms with van der Waals surface area (Å²) in [6.07, 6.45) is 9.10. The molecule has 14 heavy (non-hydrogen) atoms. The smallest absolute Gasteiger partial charge is 0.247 e. The molecule has 0 aromatic rings. The summed E-state index contributed by atoms with van der Waals surface area (Å²) in [4.78, 5) is 10.6. The minimum atomic E-state index is -0.836. The van der Waals surface area contributed by atoms with Gasteiger partial charge in [-0.1, -0.05) is 32.6 Å². The predicted octanol–water partition coefficient (Wildman–Crippen LogP) is 3.33. The summed E-state index contributed by atoms with van der Waals surface area (Å²) in [6.45, 7) is 2.22. The maximum absolute atomic E-state index is 10.6. The van der Waals surface area contributed by atoms with Crippen LogP contribution in [-0.4, -0.2) is 5.97 Å². The molecule has 0 unspecified atom stereocenters. The first-order chi connectivity index (χ1) is 6.74. The van der Waals surface area contributed by atoms with Gasteiger partial charge in [-0.3, -0.25) is 0 Å². The largest absolute Gasteiger partial charge is 0.358 e. The molecule has 1 aliphatic rings. The Morgan fingerprint density at radius 1 is 1.14 bits per heavy atom. The van der Waals surface area contributed by atoms with Crippen LogP contribution in [-0.2, 0) is 9.90 Å². The molecular formula is C12H21O2. The Morgan fingerprint density at radius 3 is 2.29 bits per heavy atom. The zero-order valence-electron chi connectivity index (χ0n) is 9.13. The Kier molecular flexibility index (Phi) is 4.99. The third-order valence-electron chi connectivity index (χ3n) is 3.40. The molecule has 0 aromatic heterocycles. The van der Waals surface area contributed by atoms with E-state index in [0.717, 1.165) is 31.6 Å². The van der Waals surface area contributed by atoms with Crippen LogP contribution in [0, 0.1) is 11.8 Å². The second-order valence-corrected chi connectivity index (χ2v) is 4.53. The van der Waals surface area contributed by atoms with Crippen LogP contribution in [0.3, 0.4) is 0 Å². The van der Waals surface area contributed by atoms with Crippen molar-refractivity contribution in [3.8, 4) is 0 Å². The number of rotatable bonds is 5. The van der Waals surface area contributed by atoms with Gasteiger partial charge in [-0.25, -0.2) is 9.90 Å². The van der Waals surface area contributed by atoms with E-state index in [4.69, 9.17) is 0 Å². The van der Waals surface area contributed by atoms with Crippen molar-refractivity contribution in [1.29, 1.82) is 0 Å².